The third-order valence-corrected chi connectivity index (χ3v) is 4.14. The maximum atomic E-state index is 9.17. The first-order valence-corrected chi connectivity index (χ1v) is 7.57. The predicted molar refractivity (Wildman–Crippen MR) is 79.9 cm³/mol. The van der Waals surface area contributed by atoms with Gasteiger partial charge in [0.05, 0.1) is 13.2 Å². The van der Waals surface area contributed by atoms with Gasteiger partial charge in [-0.1, -0.05) is 23.2 Å². The topological polar surface area (TPSA) is 62.4 Å². The lowest BCUT2D eigenvalue weighted by Gasteiger charge is -2.36. The van der Waals surface area contributed by atoms with Crippen molar-refractivity contribution in [3.63, 3.8) is 0 Å². The van der Waals surface area contributed by atoms with Crippen LogP contribution in [0, 0.1) is 0 Å². The molecule has 1 N–H and O–H groups in total. The smallest absolute Gasteiger partial charge is 0.241 e. The summed E-state index contributed by atoms with van der Waals surface area (Å²) in [6.45, 7) is 1.38. The van der Waals surface area contributed by atoms with Gasteiger partial charge in [-0.3, -0.25) is 4.90 Å². The highest BCUT2D eigenvalue weighted by Gasteiger charge is 2.26. The minimum Gasteiger partial charge on any atom is -0.395 e. The number of hydrogen-bond donors (Lipinski definition) is 1. The molecule has 0 amide bonds. The molecule has 6 heteroatoms. The maximum absolute atomic E-state index is 9.17. The van der Waals surface area contributed by atoms with Crippen LogP contribution >= 0.6 is 11.6 Å². The fourth-order valence-electron chi connectivity index (χ4n) is 2.48. The molecule has 5 nitrogen and oxygen atoms in total. The Kier molecular flexibility index (Phi) is 4.53. The van der Waals surface area contributed by atoms with Crippen LogP contribution in [0.2, 0.25) is 5.02 Å². The number of aromatic nitrogens is 2. The number of nitrogens with zero attached hydrogens (tertiary/aromatic N) is 3. The van der Waals surface area contributed by atoms with E-state index in [2.05, 4.69) is 15.0 Å². The molecule has 0 radical (unpaired) electrons. The van der Waals surface area contributed by atoms with Gasteiger partial charge in [0.25, 0.3) is 0 Å². The third kappa shape index (κ3) is 3.43. The van der Waals surface area contributed by atoms with Crippen molar-refractivity contribution in [3.05, 3.63) is 35.2 Å². The van der Waals surface area contributed by atoms with Gasteiger partial charge in [-0.15, -0.1) is 0 Å². The quantitative estimate of drug-likeness (QED) is 0.889. The molecule has 1 aliphatic rings. The van der Waals surface area contributed by atoms with Crippen LogP contribution < -0.4 is 0 Å². The van der Waals surface area contributed by atoms with Crippen LogP contribution in [0.25, 0.3) is 11.4 Å². The van der Waals surface area contributed by atoms with Gasteiger partial charge in [-0.05, 0) is 37.1 Å². The number of aliphatic hydroxyl groups is 1. The van der Waals surface area contributed by atoms with Crippen LogP contribution in [0.4, 0.5) is 0 Å². The molecule has 21 heavy (non-hydrogen) atoms. The molecule has 0 atom stereocenters. The van der Waals surface area contributed by atoms with E-state index in [0.29, 0.717) is 35.9 Å². The van der Waals surface area contributed by atoms with E-state index in [0.717, 1.165) is 5.56 Å². The molecule has 1 heterocycles. The van der Waals surface area contributed by atoms with Crippen molar-refractivity contribution >= 4 is 11.6 Å². The second-order valence-electron chi connectivity index (χ2n) is 5.30. The zero-order chi connectivity index (χ0) is 14.7. The summed E-state index contributed by atoms with van der Waals surface area (Å²) in [7, 11) is 0. The summed E-state index contributed by atoms with van der Waals surface area (Å²) in [6, 6.07) is 7.88. The SMILES string of the molecule is OCCN(Cc1nc(-c2ccc(Cl)cc2)no1)C1CCC1. The maximum Gasteiger partial charge on any atom is 0.241 e. The van der Waals surface area contributed by atoms with Gasteiger partial charge in [-0.25, -0.2) is 0 Å². The highest BCUT2D eigenvalue weighted by Crippen LogP contribution is 2.26. The Labute approximate surface area is 128 Å². The summed E-state index contributed by atoms with van der Waals surface area (Å²) in [5, 5.41) is 13.9. The fourth-order valence-corrected chi connectivity index (χ4v) is 2.61. The Morgan fingerprint density at radius 3 is 2.67 bits per heavy atom. The summed E-state index contributed by atoms with van der Waals surface area (Å²) in [6.07, 6.45) is 3.61. The van der Waals surface area contributed by atoms with E-state index in [9.17, 15) is 5.11 Å². The molecule has 0 saturated heterocycles. The molecule has 0 spiro atoms. The molecule has 2 aromatic rings. The second kappa shape index (κ2) is 6.56. The lowest BCUT2D eigenvalue weighted by atomic mass is 9.91. The molecular formula is C15H18ClN3O2. The largest absolute Gasteiger partial charge is 0.395 e. The van der Waals surface area contributed by atoms with E-state index in [4.69, 9.17) is 16.1 Å². The average Bonchev–Trinajstić information content (AvgIpc) is 2.86. The van der Waals surface area contributed by atoms with Crippen LogP contribution in [0.1, 0.15) is 25.2 Å². The van der Waals surface area contributed by atoms with E-state index < -0.39 is 0 Å². The van der Waals surface area contributed by atoms with Crippen molar-refractivity contribution < 1.29 is 9.63 Å². The third-order valence-electron chi connectivity index (χ3n) is 3.89. The zero-order valence-electron chi connectivity index (χ0n) is 11.7. The molecule has 0 aliphatic heterocycles. The molecule has 1 aromatic carbocycles. The van der Waals surface area contributed by atoms with Crippen molar-refractivity contribution in [3.8, 4) is 11.4 Å². The summed E-state index contributed by atoms with van der Waals surface area (Å²) in [5.74, 6) is 1.15. The van der Waals surface area contributed by atoms with Gasteiger partial charge in [0.1, 0.15) is 0 Å². The first-order chi connectivity index (χ1) is 10.3. The van der Waals surface area contributed by atoms with Crippen molar-refractivity contribution in [1.82, 2.24) is 15.0 Å². The molecule has 1 aromatic heterocycles. The van der Waals surface area contributed by atoms with Gasteiger partial charge in [0.15, 0.2) is 0 Å². The second-order valence-corrected chi connectivity index (χ2v) is 5.73. The summed E-state index contributed by atoms with van der Waals surface area (Å²) in [4.78, 5) is 6.64. The Bertz CT molecular complexity index is 581. The van der Waals surface area contributed by atoms with Gasteiger partial charge < -0.3 is 9.63 Å². The summed E-state index contributed by atoms with van der Waals surface area (Å²) < 4.78 is 5.33. The monoisotopic (exact) mass is 307 g/mol. The Morgan fingerprint density at radius 2 is 2.05 bits per heavy atom. The first-order valence-electron chi connectivity index (χ1n) is 7.19. The Hall–Kier alpha value is -1.43. The highest BCUT2D eigenvalue weighted by atomic mass is 35.5. The van der Waals surface area contributed by atoms with Crippen LogP contribution in [0.3, 0.4) is 0 Å². The number of halogens is 1. The molecule has 112 valence electrons. The van der Waals surface area contributed by atoms with E-state index in [1.807, 2.05) is 12.1 Å². The van der Waals surface area contributed by atoms with Crippen molar-refractivity contribution in [2.45, 2.75) is 31.8 Å². The molecule has 1 saturated carbocycles. The minimum absolute atomic E-state index is 0.147. The molecule has 1 aliphatic carbocycles. The standard InChI is InChI=1S/C15H18ClN3O2/c16-12-6-4-11(5-7-12)15-17-14(21-18-15)10-19(8-9-20)13-2-1-3-13/h4-7,13,20H,1-3,8-10H2. The van der Waals surface area contributed by atoms with E-state index in [1.54, 1.807) is 12.1 Å². The van der Waals surface area contributed by atoms with Crippen LogP contribution in [0.15, 0.2) is 28.8 Å². The molecule has 1 fully saturated rings. The van der Waals surface area contributed by atoms with Gasteiger partial charge in [-0.2, -0.15) is 4.98 Å². The number of aliphatic hydroxyl groups excluding tert-OH is 1. The van der Waals surface area contributed by atoms with Crippen LogP contribution in [-0.2, 0) is 6.54 Å². The first kappa shape index (κ1) is 14.5. The van der Waals surface area contributed by atoms with Crippen LogP contribution in [0.5, 0.6) is 0 Å². The van der Waals surface area contributed by atoms with Gasteiger partial charge in [0, 0.05) is 23.2 Å². The molecular weight excluding hydrogens is 290 g/mol. The Morgan fingerprint density at radius 1 is 1.29 bits per heavy atom. The number of benzene rings is 1. The fraction of sp³-hybridized carbons (Fsp3) is 0.467. The molecule has 0 bridgehead atoms. The van der Waals surface area contributed by atoms with Crippen molar-refractivity contribution in [1.29, 1.82) is 0 Å². The van der Waals surface area contributed by atoms with Gasteiger partial charge >= 0.3 is 0 Å². The minimum atomic E-state index is 0.147. The van der Waals surface area contributed by atoms with Gasteiger partial charge in [0.2, 0.25) is 11.7 Å². The zero-order valence-corrected chi connectivity index (χ0v) is 12.5. The summed E-state index contributed by atoms with van der Waals surface area (Å²) >= 11 is 5.87. The lowest BCUT2D eigenvalue weighted by molar-refractivity contribution is 0.0838. The van der Waals surface area contributed by atoms with Crippen molar-refractivity contribution in [2.24, 2.45) is 0 Å². The van der Waals surface area contributed by atoms with Crippen molar-refractivity contribution in [2.75, 3.05) is 13.2 Å². The molecule has 0 unspecified atom stereocenters. The van der Waals surface area contributed by atoms with E-state index >= 15 is 0 Å². The highest BCUT2D eigenvalue weighted by molar-refractivity contribution is 6.30. The molecule has 3 rings (SSSR count). The lowest BCUT2D eigenvalue weighted by Crippen LogP contribution is -2.41. The number of rotatable bonds is 6. The summed E-state index contributed by atoms with van der Waals surface area (Å²) in [5.41, 5.74) is 0.881. The van der Waals surface area contributed by atoms with E-state index in [-0.39, 0.29) is 6.61 Å². The normalized spacial score (nSPS) is 15.4. The Balaban J connectivity index is 1.70. The predicted octanol–water partition coefficient (Wildman–Crippen LogP) is 2.74. The number of hydrogen-bond acceptors (Lipinski definition) is 5. The average molecular weight is 308 g/mol. The van der Waals surface area contributed by atoms with E-state index in [1.165, 1.54) is 19.3 Å². The van der Waals surface area contributed by atoms with Crippen LogP contribution in [-0.4, -0.2) is 39.3 Å².